The van der Waals surface area contributed by atoms with Gasteiger partial charge in [0.15, 0.2) is 0 Å². The minimum Gasteiger partial charge on any atom is -0.303 e. The highest BCUT2D eigenvalue weighted by Crippen LogP contribution is 2.20. The Labute approximate surface area is 45.3 Å². The fourth-order valence-corrected chi connectivity index (χ4v) is 1.07. The van der Waals surface area contributed by atoms with E-state index in [1.165, 1.54) is 6.54 Å². The molecule has 1 nitrogen and oxygen atoms in total. The van der Waals surface area contributed by atoms with Gasteiger partial charge in [-0.15, -0.1) is 0 Å². The second-order valence-corrected chi connectivity index (χ2v) is 2.66. The first kappa shape index (κ1) is 5.10. The predicted molar refractivity (Wildman–Crippen MR) is 31.3 cm³/mol. The zero-order chi connectivity index (χ0) is 5.44. The molecule has 0 radical (unpaired) electrons. The summed E-state index contributed by atoms with van der Waals surface area (Å²) in [6.07, 6.45) is 0. The fourth-order valence-electron chi connectivity index (χ4n) is 1.07. The molecule has 0 aromatic carbocycles. The molecule has 1 aliphatic rings. The van der Waals surface area contributed by atoms with Gasteiger partial charge in [-0.3, -0.25) is 0 Å². The molecule has 1 fully saturated rings. The Morgan fingerprint density at radius 1 is 1.43 bits per heavy atom. The largest absolute Gasteiger partial charge is 0.303 e. The van der Waals surface area contributed by atoms with Crippen LogP contribution in [0.2, 0.25) is 0 Å². The molecule has 1 saturated heterocycles. The molecule has 7 heavy (non-hydrogen) atoms. The van der Waals surface area contributed by atoms with E-state index in [4.69, 9.17) is 0 Å². The van der Waals surface area contributed by atoms with E-state index in [1.807, 2.05) is 0 Å². The lowest BCUT2D eigenvalue weighted by Gasteiger charge is -2.41. The fraction of sp³-hybridized carbons (Fsp3) is 1.00. The first-order chi connectivity index (χ1) is 3.22. The molecule has 0 amide bonds. The van der Waals surface area contributed by atoms with Crippen LogP contribution in [0.25, 0.3) is 0 Å². The van der Waals surface area contributed by atoms with Gasteiger partial charge in [0.1, 0.15) is 0 Å². The van der Waals surface area contributed by atoms with E-state index in [2.05, 4.69) is 25.8 Å². The summed E-state index contributed by atoms with van der Waals surface area (Å²) in [7, 11) is 2.17. The molecular weight excluding hydrogens is 86.1 g/mol. The van der Waals surface area contributed by atoms with E-state index in [0.29, 0.717) is 0 Å². The van der Waals surface area contributed by atoms with E-state index < -0.39 is 0 Å². The van der Waals surface area contributed by atoms with Crippen LogP contribution in [0.3, 0.4) is 0 Å². The summed E-state index contributed by atoms with van der Waals surface area (Å²) in [5.74, 6) is 0.935. The van der Waals surface area contributed by atoms with Crippen molar-refractivity contribution in [3.8, 4) is 0 Å². The molecule has 1 rings (SSSR count). The standard InChI is InChI=1S/C6H13N/c1-5-4-7(3)6(5)2/h5-6H,4H2,1-3H3. The van der Waals surface area contributed by atoms with E-state index in [1.54, 1.807) is 0 Å². The molecule has 0 aliphatic carbocycles. The number of hydrogen-bond acceptors (Lipinski definition) is 1. The molecule has 2 unspecified atom stereocenters. The maximum absolute atomic E-state index is 2.37. The summed E-state index contributed by atoms with van der Waals surface area (Å²) in [4.78, 5) is 2.37. The molecule has 1 aliphatic heterocycles. The Kier molecular flexibility index (Phi) is 1.08. The van der Waals surface area contributed by atoms with E-state index >= 15 is 0 Å². The third kappa shape index (κ3) is 0.653. The highest BCUT2D eigenvalue weighted by atomic mass is 15.2. The molecule has 0 bridgehead atoms. The number of hydrogen-bond donors (Lipinski definition) is 0. The van der Waals surface area contributed by atoms with E-state index in [0.717, 1.165) is 12.0 Å². The summed E-state index contributed by atoms with van der Waals surface area (Å²) in [5, 5.41) is 0. The smallest absolute Gasteiger partial charge is 0.0102 e. The van der Waals surface area contributed by atoms with Gasteiger partial charge in [0.05, 0.1) is 0 Å². The summed E-state index contributed by atoms with van der Waals surface area (Å²) in [5.41, 5.74) is 0. The van der Waals surface area contributed by atoms with Crippen LogP contribution in [0.5, 0.6) is 0 Å². The van der Waals surface area contributed by atoms with E-state index in [9.17, 15) is 0 Å². The monoisotopic (exact) mass is 99.1 g/mol. The van der Waals surface area contributed by atoms with Crippen molar-refractivity contribution in [3.05, 3.63) is 0 Å². The number of rotatable bonds is 0. The molecule has 0 spiro atoms. The van der Waals surface area contributed by atoms with Crippen molar-refractivity contribution < 1.29 is 0 Å². The van der Waals surface area contributed by atoms with Crippen molar-refractivity contribution >= 4 is 0 Å². The minimum atomic E-state index is 0.833. The van der Waals surface area contributed by atoms with Gasteiger partial charge in [0, 0.05) is 12.6 Å². The van der Waals surface area contributed by atoms with Crippen molar-refractivity contribution in [2.75, 3.05) is 13.6 Å². The SMILES string of the molecule is CC1CN(C)C1C. The van der Waals surface area contributed by atoms with Gasteiger partial charge in [-0.25, -0.2) is 0 Å². The van der Waals surface area contributed by atoms with Gasteiger partial charge in [0.2, 0.25) is 0 Å². The molecule has 2 atom stereocenters. The van der Waals surface area contributed by atoms with Crippen LogP contribution in [0, 0.1) is 5.92 Å². The topological polar surface area (TPSA) is 3.24 Å². The Hall–Kier alpha value is -0.0400. The van der Waals surface area contributed by atoms with Gasteiger partial charge >= 0.3 is 0 Å². The zero-order valence-electron chi connectivity index (χ0n) is 5.31. The average Bonchev–Trinajstić information content (AvgIpc) is 1.68. The van der Waals surface area contributed by atoms with Crippen LogP contribution in [0.4, 0.5) is 0 Å². The second-order valence-electron chi connectivity index (χ2n) is 2.66. The van der Waals surface area contributed by atoms with E-state index in [-0.39, 0.29) is 0 Å². The lowest BCUT2D eigenvalue weighted by atomic mass is 9.93. The summed E-state index contributed by atoms with van der Waals surface area (Å²) >= 11 is 0. The van der Waals surface area contributed by atoms with Gasteiger partial charge < -0.3 is 4.90 Å². The first-order valence-electron chi connectivity index (χ1n) is 2.92. The van der Waals surface area contributed by atoms with Crippen LogP contribution >= 0.6 is 0 Å². The van der Waals surface area contributed by atoms with Crippen LogP contribution in [0.15, 0.2) is 0 Å². The van der Waals surface area contributed by atoms with Gasteiger partial charge in [-0.1, -0.05) is 6.92 Å². The predicted octanol–water partition coefficient (Wildman–Crippen LogP) is 0.956. The normalized spacial score (nSPS) is 43.3. The third-order valence-electron chi connectivity index (χ3n) is 2.09. The molecule has 1 heteroatoms. The van der Waals surface area contributed by atoms with Crippen molar-refractivity contribution in [1.29, 1.82) is 0 Å². The molecule has 42 valence electrons. The lowest BCUT2D eigenvalue weighted by Crippen LogP contribution is -2.50. The van der Waals surface area contributed by atoms with Gasteiger partial charge in [-0.05, 0) is 19.9 Å². The van der Waals surface area contributed by atoms with Gasteiger partial charge in [-0.2, -0.15) is 0 Å². The number of nitrogens with zero attached hydrogens (tertiary/aromatic N) is 1. The summed E-state index contributed by atoms with van der Waals surface area (Å²) in [6, 6.07) is 0.833. The molecule has 0 N–H and O–H groups in total. The van der Waals surface area contributed by atoms with Crippen LogP contribution in [-0.4, -0.2) is 24.5 Å². The highest BCUT2D eigenvalue weighted by molar-refractivity contribution is 4.82. The maximum Gasteiger partial charge on any atom is 0.0102 e. The lowest BCUT2D eigenvalue weighted by molar-refractivity contribution is 0.0680. The molecule has 0 saturated carbocycles. The Morgan fingerprint density at radius 3 is 2.00 bits per heavy atom. The molecule has 0 aromatic rings. The molecular formula is C6H13N. The maximum atomic E-state index is 2.37. The Morgan fingerprint density at radius 2 is 2.00 bits per heavy atom. The number of likely N-dealkylation sites (tertiary alicyclic amines) is 1. The van der Waals surface area contributed by atoms with Crippen molar-refractivity contribution in [1.82, 2.24) is 4.90 Å². The van der Waals surface area contributed by atoms with Crippen molar-refractivity contribution in [2.45, 2.75) is 19.9 Å². The van der Waals surface area contributed by atoms with Crippen molar-refractivity contribution in [3.63, 3.8) is 0 Å². The van der Waals surface area contributed by atoms with Gasteiger partial charge in [0.25, 0.3) is 0 Å². The van der Waals surface area contributed by atoms with Crippen LogP contribution in [0.1, 0.15) is 13.8 Å². The average molecular weight is 99.2 g/mol. The minimum absolute atomic E-state index is 0.833. The molecule has 0 aromatic heterocycles. The zero-order valence-corrected chi connectivity index (χ0v) is 5.31. The first-order valence-corrected chi connectivity index (χ1v) is 2.92. The Balaban J connectivity index is 2.29. The Bertz CT molecular complexity index is 62.6. The van der Waals surface area contributed by atoms with Crippen LogP contribution in [-0.2, 0) is 0 Å². The second kappa shape index (κ2) is 1.48. The quantitative estimate of drug-likeness (QED) is 0.437. The highest BCUT2D eigenvalue weighted by Gasteiger charge is 2.27. The van der Waals surface area contributed by atoms with Crippen molar-refractivity contribution in [2.24, 2.45) is 5.92 Å². The molecule has 1 heterocycles. The summed E-state index contributed by atoms with van der Waals surface area (Å²) in [6.45, 7) is 5.86. The summed E-state index contributed by atoms with van der Waals surface area (Å²) < 4.78 is 0. The third-order valence-corrected chi connectivity index (χ3v) is 2.09. The van der Waals surface area contributed by atoms with Crippen LogP contribution < -0.4 is 0 Å².